The minimum Gasteiger partial charge on any atom is -0.481 e. The topological polar surface area (TPSA) is 168 Å². The number of nitrogens with one attached hydrogen (secondary N) is 2. The van der Waals surface area contributed by atoms with Gasteiger partial charge in [-0.2, -0.15) is 9.97 Å². The molecule has 180 valence electrons. The van der Waals surface area contributed by atoms with E-state index in [1.807, 2.05) is 5.32 Å². The number of aromatic nitrogens is 3. The zero-order valence-corrected chi connectivity index (χ0v) is 17.9. The summed E-state index contributed by atoms with van der Waals surface area (Å²) in [6.45, 7) is 0.428. The zero-order chi connectivity index (χ0) is 29.6. The van der Waals surface area contributed by atoms with E-state index in [4.69, 9.17) is 13.0 Å². The molecule has 0 aliphatic rings. The number of pyridine rings is 1. The van der Waals surface area contributed by atoms with Gasteiger partial charge in [0, 0.05) is 13.3 Å². The molecule has 13 nitrogen and oxygen atoms in total. The molecule has 0 bridgehead atoms. The first-order valence-corrected chi connectivity index (χ1v) is 10.3. The number of urea groups is 1. The van der Waals surface area contributed by atoms with Gasteiger partial charge in [-0.1, -0.05) is 0 Å². The number of alkyl halides is 1. The van der Waals surface area contributed by atoms with Crippen molar-refractivity contribution in [2.75, 3.05) is 33.1 Å². The summed E-state index contributed by atoms with van der Waals surface area (Å²) in [4.78, 5) is 34.5. The quantitative estimate of drug-likeness (QED) is 0.453. The van der Waals surface area contributed by atoms with Gasteiger partial charge < -0.3 is 18.9 Å². The zero-order valence-electron chi connectivity index (χ0n) is 23.1. The lowest BCUT2D eigenvalue weighted by atomic mass is 10.1. The van der Waals surface area contributed by atoms with Crippen LogP contribution in [0.25, 0.3) is 0 Å². The maximum absolute atomic E-state index is 14.3. The Bertz CT molecular complexity index is 1260. The Kier molecular flexibility index (Phi) is 6.15. The fourth-order valence-corrected chi connectivity index (χ4v) is 3.48. The Labute approximate surface area is 197 Å². The van der Waals surface area contributed by atoms with Gasteiger partial charge in [0.25, 0.3) is 10.0 Å². The molecular formula is C18H22FN5O8S. The molecule has 0 spiro atoms. The van der Waals surface area contributed by atoms with Crippen molar-refractivity contribution in [1.29, 1.82) is 0 Å². The number of rotatable bonds is 10. The minimum absolute atomic E-state index is 0.546. The van der Waals surface area contributed by atoms with Gasteiger partial charge in [0.1, 0.15) is 23.4 Å². The fourth-order valence-electron chi connectivity index (χ4n) is 2.37. The molecule has 0 aromatic carbocycles. The molecule has 15 heteroatoms. The number of halogens is 1. The van der Waals surface area contributed by atoms with Gasteiger partial charge in [-0.05, 0) is 19.1 Å². The third-order valence-corrected chi connectivity index (χ3v) is 5.02. The number of anilines is 1. The highest BCUT2D eigenvalue weighted by atomic mass is 32.2. The van der Waals surface area contributed by atoms with E-state index in [2.05, 4.69) is 29.2 Å². The molecule has 2 atom stereocenters. The van der Waals surface area contributed by atoms with Crippen LogP contribution in [0.1, 0.15) is 26.9 Å². The van der Waals surface area contributed by atoms with Gasteiger partial charge in [-0.15, -0.1) is 0 Å². The van der Waals surface area contributed by atoms with Crippen LogP contribution in [0.5, 0.6) is 11.8 Å². The Hall–Kier alpha value is -3.59. The molecule has 2 heterocycles. The molecule has 2 unspecified atom stereocenters. The molecule has 0 aliphatic carbocycles. The second-order valence-electron chi connectivity index (χ2n) is 6.04. The summed E-state index contributed by atoms with van der Waals surface area (Å²) in [5.41, 5.74) is -0.546. The van der Waals surface area contributed by atoms with Crippen LogP contribution in [-0.4, -0.2) is 69.3 Å². The van der Waals surface area contributed by atoms with E-state index in [-0.39, 0.29) is 0 Å². The minimum atomic E-state index is -4.83. The molecule has 0 saturated carbocycles. The monoisotopic (exact) mass is 493 g/mol. The number of carbonyl (C=O) groups excluding carboxylic acids is 2. The van der Waals surface area contributed by atoms with Gasteiger partial charge >= 0.3 is 12.0 Å². The van der Waals surface area contributed by atoms with Crippen LogP contribution in [0.15, 0.2) is 29.3 Å². The summed E-state index contributed by atoms with van der Waals surface area (Å²) in [5, 5.41) is 1.87. The van der Waals surface area contributed by atoms with Crippen molar-refractivity contribution in [2.45, 2.75) is 24.1 Å². The standard InChI is InChI=1S/C18H22FN5O8S/c1-10(19)16(32-14(25)9-29-2)15-11(6-5-7-20-15)33(27,28)24-18(26)23-17-21-12(30-3)8-13(22-17)31-4/h5-8,10,16H,9H2,1-4H3,(H2,21,22,23,24,26)/i3D3,4D3. The van der Waals surface area contributed by atoms with Crippen molar-refractivity contribution < 1.29 is 49.6 Å². The molecular weight excluding hydrogens is 465 g/mol. The van der Waals surface area contributed by atoms with Crippen LogP contribution < -0.4 is 19.5 Å². The van der Waals surface area contributed by atoms with Crippen LogP contribution in [-0.2, 0) is 24.3 Å². The van der Waals surface area contributed by atoms with Crippen molar-refractivity contribution in [3.8, 4) is 11.8 Å². The lowest BCUT2D eigenvalue weighted by Crippen LogP contribution is -2.36. The van der Waals surface area contributed by atoms with Crippen molar-refractivity contribution >= 4 is 28.0 Å². The number of hydrogen-bond acceptors (Lipinski definition) is 11. The first-order chi connectivity index (χ1) is 17.9. The van der Waals surface area contributed by atoms with E-state index in [1.165, 1.54) is 7.11 Å². The molecule has 2 rings (SSSR count). The van der Waals surface area contributed by atoms with Crippen LogP contribution >= 0.6 is 0 Å². The smallest absolute Gasteiger partial charge is 0.335 e. The van der Waals surface area contributed by atoms with Gasteiger partial charge in [0.05, 0.1) is 28.4 Å². The largest absolute Gasteiger partial charge is 0.481 e. The van der Waals surface area contributed by atoms with Crippen molar-refractivity contribution in [1.82, 2.24) is 19.7 Å². The first kappa shape index (κ1) is 17.9. The van der Waals surface area contributed by atoms with Crippen molar-refractivity contribution in [3.63, 3.8) is 0 Å². The highest BCUT2D eigenvalue weighted by Gasteiger charge is 2.32. The predicted octanol–water partition coefficient (Wildman–Crippen LogP) is 0.988. The molecule has 2 aromatic heterocycles. The van der Waals surface area contributed by atoms with Gasteiger partial charge in [0.15, 0.2) is 6.10 Å². The number of sulfonamides is 1. The normalized spacial score (nSPS) is 16.3. The average molecular weight is 494 g/mol. The summed E-state index contributed by atoms with van der Waals surface area (Å²) in [6, 6.07) is 1.31. The Morgan fingerprint density at radius 2 is 1.91 bits per heavy atom. The Morgan fingerprint density at radius 1 is 1.24 bits per heavy atom. The average Bonchev–Trinajstić information content (AvgIpc) is 2.74. The fraction of sp³-hybridized carbons (Fsp3) is 0.389. The molecule has 2 aromatic rings. The summed E-state index contributed by atoms with van der Waals surface area (Å²) in [5.74, 6) is -3.30. The summed E-state index contributed by atoms with van der Waals surface area (Å²) >= 11 is 0. The summed E-state index contributed by atoms with van der Waals surface area (Å²) < 4.78 is 103. The maximum atomic E-state index is 14.3. The summed E-state index contributed by atoms with van der Waals surface area (Å²) in [7, 11) is -9.72. The van der Waals surface area contributed by atoms with E-state index >= 15 is 0 Å². The number of amides is 2. The molecule has 0 aliphatic heterocycles. The molecule has 0 radical (unpaired) electrons. The Morgan fingerprint density at radius 3 is 2.48 bits per heavy atom. The number of ether oxygens (including phenoxy) is 4. The lowest BCUT2D eigenvalue weighted by Gasteiger charge is -2.21. The van der Waals surface area contributed by atoms with E-state index in [9.17, 15) is 22.4 Å². The number of esters is 1. The van der Waals surface area contributed by atoms with E-state index in [1.54, 1.807) is 4.72 Å². The SMILES string of the molecule is [2H]C([2H])([2H])Oc1cc(OC([2H])([2H])[2H])nc(NC(=O)NS(=O)(=O)c2cccnc2C(OC(=O)COC)C(C)F)n1. The number of carbonyl (C=O) groups is 2. The van der Waals surface area contributed by atoms with Crippen LogP contribution in [0.4, 0.5) is 15.1 Å². The van der Waals surface area contributed by atoms with Gasteiger partial charge in [0.2, 0.25) is 17.7 Å². The van der Waals surface area contributed by atoms with Crippen LogP contribution in [0.3, 0.4) is 0 Å². The number of hydrogen-bond donors (Lipinski definition) is 2. The maximum Gasteiger partial charge on any atom is 0.335 e. The number of nitrogens with zero attached hydrogens (tertiary/aromatic N) is 3. The second kappa shape index (κ2) is 11.3. The molecule has 33 heavy (non-hydrogen) atoms. The van der Waals surface area contributed by atoms with Crippen LogP contribution in [0.2, 0.25) is 0 Å². The second-order valence-corrected chi connectivity index (χ2v) is 7.69. The highest BCUT2D eigenvalue weighted by Crippen LogP contribution is 2.28. The highest BCUT2D eigenvalue weighted by molar-refractivity contribution is 7.90. The van der Waals surface area contributed by atoms with Gasteiger partial charge in [-0.3, -0.25) is 10.3 Å². The third-order valence-electron chi connectivity index (χ3n) is 3.64. The predicted molar refractivity (Wildman–Crippen MR) is 110 cm³/mol. The molecule has 0 saturated heterocycles. The molecule has 2 N–H and O–H groups in total. The third kappa shape index (κ3) is 6.95. The van der Waals surface area contributed by atoms with E-state index < -0.39 is 83.3 Å². The first-order valence-electron chi connectivity index (χ1n) is 11.8. The summed E-state index contributed by atoms with van der Waals surface area (Å²) in [6.07, 6.45) is -2.63. The van der Waals surface area contributed by atoms with Gasteiger partial charge in [-0.25, -0.2) is 27.1 Å². The van der Waals surface area contributed by atoms with E-state index in [0.29, 0.717) is 6.07 Å². The van der Waals surface area contributed by atoms with Crippen LogP contribution in [0, 0.1) is 0 Å². The number of methoxy groups -OCH3 is 3. The Balaban J connectivity index is 2.35. The molecule has 2 amide bonds. The van der Waals surface area contributed by atoms with Crippen molar-refractivity contribution in [3.05, 3.63) is 30.1 Å². The molecule has 0 fully saturated rings. The lowest BCUT2D eigenvalue weighted by molar-refractivity contribution is -0.157. The van der Waals surface area contributed by atoms with Crippen molar-refractivity contribution in [2.24, 2.45) is 0 Å². The van der Waals surface area contributed by atoms with E-state index in [0.717, 1.165) is 25.3 Å².